The molecule has 0 bridgehead atoms. The molecular formula is C13H10ClF3N2. The fourth-order valence-electron chi connectivity index (χ4n) is 1.80. The maximum atomic E-state index is 12.9. The Labute approximate surface area is 113 Å². The SMILES string of the molecule is Cc1c(N)cc(-c2ccncc2Cl)cc1C(F)(F)F. The molecule has 19 heavy (non-hydrogen) atoms. The van der Waals surface area contributed by atoms with Gasteiger partial charge in [-0.05, 0) is 36.2 Å². The fourth-order valence-corrected chi connectivity index (χ4v) is 2.02. The van der Waals surface area contributed by atoms with E-state index in [1.807, 2.05) is 0 Å². The molecule has 0 saturated carbocycles. The van der Waals surface area contributed by atoms with Gasteiger partial charge >= 0.3 is 6.18 Å². The summed E-state index contributed by atoms with van der Waals surface area (Å²) in [6.45, 7) is 1.34. The molecule has 0 radical (unpaired) electrons. The van der Waals surface area contributed by atoms with Crippen LogP contribution >= 0.6 is 11.6 Å². The number of hydrogen-bond donors (Lipinski definition) is 1. The second-order valence-electron chi connectivity index (χ2n) is 4.09. The molecule has 2 N–H and O–H groups in total. The highest BCUT2D eigenvalue weighted by Crippen LogP contribution is 2.38. The number of aromatic nitrogens is 1. The lowest BCUT2D eigenvalue weighted by Gasteiger charge is -2.15. The Morgan fingerprint density at radius 3 is 2.53 bits per heavy atom. The van der Waals surface area contributed by atoms with Gasteiger partial charge in [0, 0.05) is 23.6 Å². The number of anilines is 1. The van der Waals surface area contributed by atoms with E-state index >= 15 is 0 Å². The van der Waals surface area contributed by atoms with Crippen LogP contribution in [0.5, 0.6) is 0 Å². The van der Waals surface area contributed by atoms with Gasteiger partial charge in [-0.25, -0.2) is 0 Å². The third kappa shape index (κ3) is 2.66. The van der Waals surface area contributed by atoms with E-state index in [4.69, 9.17) is 17.3 Å². The van der Waals surface area contributed by atoms with Crippen LogP contribution in [0.4, 0.5) is 18.9 Å². The van der Waals surface area contributed by atoms with E-state index in [1.54, 1.807) is 6.07 Å². The van der Waals surface area contributed by atoms with E-state index < -0.39 is 11.7 Å². The summed E-state index contributed by atoms with van der Waals surface area (Å²) < 4.78 is 38.8. The van der Waals surface area contributed by atoms with Crippen LogP contribution < -0.4 is 5.73 Å². The summed E-state index contributed by atoms with van der Waals surface area (Å²) in [7, 11) is 0. The monoisotopic (exact) mass is 286 g/mol. The van der Waals surface area contributed by atoms with Crippen molar-refractivity contribution in [3.05, 3.63) is 46.7 Å². The van der Waals surface area contributed by atoms with Crippen LogP contribution in [0.3, 0.4) is 0 Å². The summed E-state index contributed by atoms with van der Waals surface area (Å²) in [6, 6.07) is 4.07. The van der Waals surface area contributed by atoms with Gasteiger partial charge in [0.1, 0.15) is 0 Å². The van der Waals surface area contributed by atoms with Gasteiger partial charge in [-0.3, -0.25) is 4.98 Å². The Hall–Kier alpha value is -1.75. The maximum Gasteiger partial charge on any atom is 0.416 e. The largest absolute Gasteiger partial charge is 0.416 e. The van der Waals surface area contributed by atoms with E-state index in [0.717, 1.165) is 6.07 Å². The molecular weight excluding hydrogens is 277 g/mol. The third-order valence-electron chi connectivity index (χ3n) is 2.84. The lowest BCUT2D eigenvalue weighted by atomic mass is 9.98. The van der Waals surface area contributed by atoms with Gasteiger partial charge in [-0.1, -0.05) is 11.6 Å². The Bertz CT molecular complexity index is 624. The third-order valence-corrected chi connectivity index (χ3v) is 3.14. The van der Waals surface area contributed by atoms with Crippen LogP contribution in [-0.4, -0.2) is 4.98 Å². The quantitative estimate of drug-likeness (QED) is 0.793. The van der Waals surface area contributed by atoms with Gasteiger partial charge in [0.2, 0.25) is 0 Å². The molecule has 0 atom stereocenters. The first-order valence-electron chi connectivity index (χ1n) is 5.38. The predicted molar refractivity (Wildman–Crippen MR) is 68.8 cm³/mol. The van der Waals surface area contributed by atoms with Crippen molar-refractivity contribution < 1.29 is 13.2 Å². The Kier molecular flexibility index (Phi) is 3.41. The van der Waals surface area contributed by atoms with Gasteiger partial charge in [0.15, 0.2) is 0 Å². The summed E-state index contributed by atoms with van der Waals surface area (Å²) in [4.78, 5) is 3.80. The van der Waals surface area contributed by atoms with Crippen molar-refractivity contribution in [1.29, 1.82) is 0 Å². The highest BCUT2D eigenvalue weighted by Gasteiger charge is 2.33. The van der Waals surface area contributed by atoms with Gasteiger partial charge in [0.05, 0.1) is 10.6 Å². The number of nitrogen functional groups attached to an aromatic ring is 1. The molecule has 100 valence electrons. The molecule has 2 rings (SSSR count). The van der Waals surface area contributed by atoms with Gasteiger partial charge < -0.3 is 5.73 Å². The Morgan fingerprint density at radius 1 is 1.26 bits per heavy atom. The molecule has 1 aromatic heterocycles. The summed E-state index contributed by atoms with van der Waals surface area (Å²) >= 11 is 5.93. The zero-order chi connectivity index (χ0) is 14.2. The molecule has 2 aromatic rings. The van der Waals surface area contributed by atoms with Crippen molar-refractivity contribution in [1.82, 2.24) is 4.98 Å². The summed E-state index contributed by atoms with van der Waals surface area (Å²) in [5.74, 6) is 0. The van der Waals surface area contributed by atoms with E-state index in [2.05, 4.69) is 4.98 Å². The number of benzene rings is 1. The number of pyridine rings is 1. The van der Waals surface area contributed by atoms with Gasteiger partial charge in [-0.15, -0.1) is 0 Å². The first-order valence-corrected chi connectivity index (χ1v) is 5.75. The second kappa shape index (κ2) is 4.74. The van der Waals surface area contributed by atoms with Crippen molar-refractivity contribution in [2.45, 2.75) is 13.1 Å². The number of nitrogens with two attached hydrogens (primary N) is 1. The average molecular weight is 287 g/mol. The van der Waals surface area contributed by atoms with Crippen LogP contribution in [-0.2, 0) is 6.18 Å². The highest BCUT2D eigenvalue weighted by atomic mass is 35.5. The van der Waals surface area contributed by atoms with Crippen LogP contribution in [0.2, 0.25) is 5.02 Å². The van der Waals surface area contributed by atoms with Crippen LogP contribution in [0.1, 0.15) is 11.1 Å². The molecule has 0 spiro atoms. The van der Waals surface area contributed by atoms with E-state index in [1.165, 1.54) is 25.4 Å². The van der Waals surface area contributed by atoms with Crippen molar-refractivity contribution in [3.63, 3.8) is 0 Å². The Morgan fingerprint density at radius 2 is 1.95 bits per heavy atom. The number of alkyl halides is 3. The number of nitrogens with zero attached hydrogens (tertiary/aromatic N) is 1. The molecule has 2 nitrogen and oxygen atoms in total. The molecule has 0 unspecified atom stereocenters. The van der Waals surface area contributed by atoms with Crippen LogP contribution in [0.25, 0.3) is 11.1 Å². The van der Waals surface area contributed by atoms with Crippen molar-refractivity contribution in [2.75, 3.05) is 5.73 Å². The molecule has 1 heterocycles. The first kappa shape index (κ1) is 13.7. The number of halogens is 4. The van der Waals surface area contributed by atoms with Crippen LogP contribution in [0.15, 0.2) is 30.6 Å². The standard InChI is InChI=1S/C13H10ClF3N2/c1-7-10(13(15,16)17)4-8(5-12(7)18)9-2-3-19-6-11(9)14/h2-6H,18H2,1H3. The second-order valence-corrected chi connectivity index (χ2v) is 4.50. The van der Waals surface area contributed by atoms with Gasteiger partial charge in [0.25, 0.3) is 0 Å². The zero-order valence-electron chi connectivity index (χ0n) is 9.92. The molecule has 0 amide bonds. The van der Waals surface area contributed by atoms with E-state index in [-0.39, 0.29) is 16.3 Å². The molecule has 6 heteroatoms. The molecule has 0 saturated heterocycles. The van der Waals surface area contributed by atoms with Crippen LogP contribution in [0, 0.1) is 6.92 Å². The maximum absolute atomic E-state index is 12.9. The minimum Gasteiger partial charge on any atom is -0.398 e. The van der Waals surface area contributed by atoms with Crippen molar-refractivity contribution in [2.24, 2.45) is 0 Å². The fraction of sp³-hybridized carbons (Fsp3) is 0.154. The predicted octanol–water partition coefficient (Wildman–Crippen LogP) is 4.31. The smallest absolute Gasteiger partial charge is 0.398 e. The summed E-state index contributed by atoms with van der Waals surface area (Å²) in [5, 5.41) is 0.277. The first-order chi connectivity index (χ1) is 8.80. The highest BCUT2D eigenvalue weighted by molar-refractivity contribution is 6.33. The van der Waals surface area contributed by atoms with E-state index in [9.17, 15) is 13.2 Å². The van der Waals surface area contributed by atoms with Crippen molar-refractivity contribution in [3.8, 4) is 11.1 Å². The number of rotatable bonds is 1. The lowest BCUT2D eigenvalue weighted by molar-refractivity contribution is -0.137. The lowest BCUT2D eigenvalue weighted by Crippen LogP contribution is -2.09. The Balaban J connectivity index is 2.68. The molecule has 0 aliphatic heterocycles. The summed E-state index contributed by atoms with van der Waals surface area (Å²) in [5.41, 5.74) is 5.78. The molecule has 0 fully saturated rings. The molecule has 0 aliphatic carbocycles. The minimum atomic E-state index is -4.45. The molecule has 1 aromatic carbocycles. The minimum absolute atomic E-state index is 0.0152. The number of hydrogen-bond acceptors (Lipinski definition) is 2. The van der Waals surface area contributed by atoms with Crippen molar-refractivity contribution >= 4 is 17.3 Å². The topological polar surface area (TPSA) is 38.9 Å². The molecule has 0 aliphatic rings. The zero-order valence-corrected chi connectivity index (χ0v) is 10.7. The van der Waals surface area contributed by atoms with Gasteiger partial charge in [-0.2, -0.15) is 13.2 Å². The average Bonchev–Trinajstić information content (AvgIpc) is 2.31. The normalized spacial score (nSPS) is 11.6. The summed E-state index contributed by atoms with van der Waals surface area (Å²) in [6.07, 6.45) is -1.61. The van der Waals surface area contributed by atoms with E-state index in [0.29, 0.717) is 11.1 Å².